The molecular formula is C12H19F2N5O. The zero-order valence-electron chi connectivity index (χ0n) is 11.7. The molecule has 0 bridgehead atoms. The lowest BCUT2D eigenvalue weighted by Gasteiger charge is -2.23. The number of halogens is 2. The van der Waals surface area contributed by atoms with Gasteiger partial charge in [-0.25, -0.2) is 19.6 Å². The average Bonchev–Trinajstić information content (AvgIpc) is 2.35. The smallest absolute Gasteiger partial charge is 0.239 e. The Bertz CT molecular complexity index is 481. The van der Waals surface area contributed by atoms with Crippen LogP contribution in [-0.4, -0.2) is 30.0 Å². The number of likely N-dealkylation sites (N-methyl/N-ethyl adjacent to an activating group) is 1. The molecule has 1 aromatic rings. The van der Waals surface area contributed by atoms with Crippen LogP contribution in [0.25, 0.3) is 0 Å². The Morgan fingerprint density at radius 2 is 2.10 bits per heavy atom. The van der Waals surface area contributed by atoms with Crippen LogP contribution in [0.4, 0.5) is 20.4 Å². The first-order valence-electron chi connectivity index (χ1n) is 6.26. The van der Waals surface area contributed by atoms with Crippen LogP contribution in [-0.2, 0) is 4.79 Å². The molecule has 1 heterocycles. The second-order valence-electron chi connectivity index (χ2n) is 4.50. The summed E-state index contributed by atoms with van der Waals surface area (Å²) >= 11 is 0. The van der Waals surface area contributed by atoms with E-state index in [-0.39, 0.29) is 30.1 Å². The Kier molecular flexibility index (Phi) is 5.63. The molecule has 4 N–H and O–H groups in total. The van der Waals surface area contributed by atoms with Crippen LogP contribution in [0, 0.1) is 11.6 Å². The third kappa shape index (κ3) is 4.02. The van der Waals surface area contributed by atoms with E-state index in [9.17, 15) is 13.6 Å². The third-order valence-electron chi connectivity index (χ3n) is 2.51. The minimum atomic E-state index is -0.892. The summed E-state index contributed by atoms with van der Waals surface area (Å²) in [5.41, 5.74) is 2.05. The van der Waals surface area contributed by atoms with Crippen LogP contribution < -0.4 is 21.5 Å². The predicted molar refractivity (Wildman–Crippen MR) is 73.1 cm³/mol. The third-order valence-corrected chi connectivity index (χ3v) is 2.51. The Balaban J connectivity index is 2.97. The summed E-state index contributed by atoms with van der Waals surface area (Å²) in [6.45, 7) is 5.64. The van der Waals surface area contributed by atoms with Crippen molar-refractivity contribution in [1.82, 2.24) is 10.3 Å². The van der Waals surface area contributed by atoms with Crippen molar-refractivity contribution in [2.75, 3.05) is 23.4 Å². The Labute approximate surface area is 116 Å². The number of nitrogens with one attached hydrogen (secondary N) is 2. The highest BCUT2D eigenvalue weighted by molar-refractivity contribution is 5.81. The van der Waals surface area contributed by atoms with Crippen LogP contribution in [0.5, 0.6) is 0 Å². The van der Waals surface area contributed by atoms with Gasteiger partial charge in [-0.3, -0.25) is 4.79 Å². The molecule has 20 heavy (non-hydrogen) atoms. The lowest BCUT2D eigenvalue weighted by molar-refractivity contribution is -0.120. The molecule has 0 atom stereocenters. The molecule has 0 aliphatic carbocycles. The molecule has 0 aliphatic rings. The number of pyridine rings is 1. The van der Waals surface area contributed by atoms with Gasteiger partial charge in [-0.05, 0) is 20.8 Å². The van der Waals surface area contributed by atoms with Gasteiger partial charge >= 0.3 is 0 Å². The molecular weight excluding hydrogens is 268 g/mol. The summed E-state index contributed by atoms with van der Waals surface area (Å²) in [7, 11) is 0. The number of rotatable bonds is 6. The summed E-state index contributed by atoms with van der Waals surface area (Å²) in [6, 6.07) is 0.661. The number of nitrogen functional groups attached to an aromatic ring is 1. The van der Waals surface area contributed by atoms with Crippen molar-refractivity contribution in [3.63, 3.8) is 0 Å². The van der Waals surface area contributed by atoms with Crippen LogP contribution in [0.15, 0.2) is 6.07 Å². The molecule has 0 radical (unpaired) electrons. The predicted octanol–water partition coefficient (Wildman–Crippen LogP) is 0.996. The van der Waals surface area contributed by atoms with Crippen molar-refractivity contribution in [3.8, 4) is 0 Å². The van der Waals surface area contributed by atoms with Crippen LogP contribution >= 0.6 is 0 Å². The number of hydrogen-bond donors (Lipinski definition) is 3. The maximum atomic E-state index is 13.8. The second kappa shape index (κ2) is 6.99. The Hall–Kier alpha value is -1.96. The topological polar surface area (TPSA) is 83.3 Å². The first kappa shape index (κ1) is 16.1. The van der Waals surface area contributed by atoms with Gasteiger partial charge in [-0.2, -0.15) is 0 Å². The summed E-state index contributed by atoms with van der Waals surface area (Å²) in [5, 5.41) is 2.69. The first-order valence-corrected chi connectivity index (χ1v) is 6.26. The van der Waals surface area contributed by atoms with E-state index in [0.29, 0.717) is 12.6 Å². The minimum absolute atomic E-state index is 0.0199. The van der Waals surface area contributed by atoms with E-state index in [0.717, 1.165) is 0 Å². The van der Waals surface area contributed by atoms with Crippen LogP contribution in [0.2, 0.25) is 0 Å². The molecule has 0 fully saturated rings. The number of hydrogen-bond acceptors (Lipinski definition) is 5. The minimum Gasteiger partial charge on any atom is -0.352 e. The summed E-state index contributed by atoms with van der Waals surface area (Å²) in [4.78, 5) is 16.9. The molecule has 0 spiro atoms. The molecule has 0 saturated carbocycles. The SMILES string of the molecule is CCN(CC(=O)NC(C)C)c1nc(NN)c(F)cc1F. The van der Waals surface area contributed by atoms with Gasteiger partial charge in [0.05, 0.1) is 6.54 Å². The fourth-order valence-corrected chi connectivity index (χ4v) is 1.66. The number of hydrazine groups is 1. The number of carbonyl (C=O) groups excluding carboxylic acids is 1. The van der Waals surface area contributed by atoms with Gasteiger partial charge in [0.2, 0.25) is 5.91 Å². The molecule has 0 saturated heterocycles. The number of nitrogens with two attached hydrogens (primary N) is 1. The normalized spacial score (nSPS) is 10.6. The van der Waals surface area contributed by atoms with Gasteiger partial charge in [-0.1, -0.05) is 0 Å². The molecule has 112 valence electrons. The lowest BCUT2D eigenvalue weighted by atomic mass is 10.3. The van der Waals surface area contributed by atoms with E-state index in [4.69, 9.17) is 5.84 Å². The maximum absolute atomic E-state index is 13.8. The summed E-state index contributed by atoms with van der Waals surface area (Å²) < 4.78 is 27.1. The van der Waals surface area contributed by atoms with Gasteiger partial charge in [-0.15, -0.1) is 0 Å². The van der Waals surface area contributed by atoms with Crippen LogP contribution in [0.3, 0.4) is 0 Å². The van der Waals surface area contributed by atoms with Crippen LogP contribution in [0.1, 0.15) is 20.8 Å². The quantitative estimate of drug-likeness (QED) is 0.537. The summed E-state index contributed by atoms with van der Waals surface area (Å²) in [5.74, 6) is 2.70. The molecule has 1 amide bonds. The van der Waals surface area contributed by atoms with E-state index in [1.165, 1.54) is 4.90 Å². The van der Waals surface area contributed by atoms with Crippen molar-refractivity contribution in [3.05, 3.63) is 17.7 Å². The van der Waals surface area contributed by atoms with Gasteiger partial charge in [0.25, 0.3) is 0 Å². The van der Waals surface area contributed by atoms with Gasteiger partial charge in [0, 0.05) is 18.7 Å². The number of nitrogens with zero attached hydrogens (tertiary/aromatic N) is 2. The first-order chi connectivity index (χ1) is 9.38. The molecule has 0 aromatic carbocycles. The van der Waals surface area contributed by atoms with Crippen molar-refractivity contribution in [2.24, 2.45) is 5.84 Å². The molecule has 6 nitrogen and oxygen atoms in total. The highest BCUT2D eigenvalue weighted by atomic mass is 19.1. The Morgan fingerprint density at radius 3 is 2.60 bits per heavy atom. The highest BCUT2D eigenvalue weighted by Gasteiger charge is 2.18. The Morgan fingerprint density at radius 1 is 1.45 bits per heavy atom. The lowest BCUT2D eigenvalue weighted by Crippen LogP contribution is -2.40. The van der Waals surface area contributed by atoms with Crippen molar-refractivity contribution >= 4 is 17.5 Å². The highest BCUT2D eigenvalue weighted by Crippen LogP contribution is 2.21. The number of aromatic nitrogens is 1. The summed E-state index contributed by atoms with van der Waals surface area (Å²) in [6.07, 6.45) is 0. The maximum Gasteiger partial charge on any atom is 0.239 e. The second-order valence-corrected chi connectivity index (χ2v) is 4.50. The van der Waals surface area contributed by atoms with Gasteiger partial charge in [0.15, 0.2) is 23.3 Å². The number of amides is 1. The van der Waals surface area contributed by atoms with Gasteiger partial charge < -0.3 is 15.6 Å². The van der Waals surface area contributed by atoms with E-state index in [1.807, 2.05) is 19.3 Å². The zero-order chi connectivity index (χ0) is 15.3. The van der Waals surface area contributed by atoms with E-state index < -0.39 is 11.6 Å². The number of carbonyl (C=O) groups is 1. The molecule has 0 unspecified atom stereocenters. The standard InChI is InChI=1S/C12H19F2N5O/c1-4-19(6-10(20)16-7(2)3)12-9(14)5-8(13)11(17-12)18-15/h5,7H,4,6,15H2,1-3H3,(H,16,20)(H,17,18). The van der Waals surface area contributed by atoms with Crippen molar-refractivity contribution in [2.45, 2.75) is 26.8 Å². The fourth-order valence-electron chi connectivity index (χ4n) is 1.66. The monoisotopic (exact) mass is 287 g/mol. The largest absolute Gasteiger partial charge is 0.352 e. The number of anilines is 2. The zero-order valence-corrected chi connectivity index (χ0v) is 11.7. The average molecular weight is 287 g/mol. The van der Waals surface area contributed by atoms with E-state index >= 15 is 0 Å². The fraction of sp³-hybridized carbons (Fsp3) is 0.500. The van der Waals surface area contributed by atoms with Gasteiger partial charge in [0.1, 0.15) is 0 Å². The van der Waals surface area contributed by atoms with Crippen molar-refractivity contribution in [1.29, 1.82) is 0 Å². The molecule has 8 heteroatoms. The molecule has 1 rings (SSSR count). The molecule has 0 aliphatic heterocycles. The molecule has 1 aromatic heterocycles. The van der Waals surface area contributed by atoms with E-state index in [2.05, 4.69) is 10.3 Å². The van der Waals surface area contributed by atoms with Crippen molar-refractivity contribution < 1.29 is 13.6 Å². The van der Waals surface area contributed by atoms with E-state index in [1.54, 1.807) is 6.92 Å².